The summed E-state index contributed by atoms with van der Waals surface area (Å²) >= 11 is 1.49. The van der Waals surface area contributed by atoms with Gasteiger partial charge in [-0.25, -0.2) is 4.39 Å². The van der Waals surface area contributed by atoms with Crippen molar-refractivity contribution in [2.75, 3.05) is 6.54 Å². The van der Waals surface area contributed by atoms with Gasteiger partial charge in [-0.2, -0.15) is 20.1 Å². The van der Waals surface area contributed by atoms with Gasteiger partial charge in [-0.1, -0.05) is 6.07 Å². The maximum atomic E-state index is 13.6. The van der Waals surface area contributed by atoms with Gasteiger partial charge in [0.1, 0.15) is 0 Å². The zero-order chi connectivity index (χ0) is 16.2. The fourth-order valence-corrected chi connectivity index (χ4v) is 2.75. The van der Waals surface area contributed by atoms with E-state index in [2.05, 4.69) is 10.1 Å². The minimum Gasteiger partial charge on any atom is -0.432 e. The SMILES string of the molecule is CC(O)(CNCc1ccc(OC(F)F)c(F)c1)c1ccsc1. The lowest BCUT2D eigenvalue weighted by Crippen LogP contribution is -2.34. The molecule has 7 heteroatoms. The first-order valence-electron chi connectivity index (χ1n) is 6.57. The Morgan fingerprint density at radius 1 is 1.36 bits per heavy atom. The highest BCUT2D eigenvalue weighted by Gasteiger charge is 2.22. The molecular weight excluding hydrogens is 315 g/mol. The van der Waals surface area contributed by atoms with E-state index >= 15 is 0 Å². The van der Waals surface area contributed by atoms with Crippen molar-refractivity contribution >= 4 is 11.3 Å². The Hall–Kier alpha value is -1.57. The number of hydrogen-bond donors (Lipinski definition) is 2. The fourth-order valence-electron chi connectivity index (χ4n) is 1.97. The van der Waals surface area contributed by atoms with E-state index in [-0.39, 0.29) is 6.54 Å². The van der Waals surface area contributed by atoms with E-state index < -0.39 is 23.8 Å². The number of alkyl halides is 2. The molecule has 1 heterocycles. The number of aliphatic hydroxyl groups is 1. The molecule has 1 aromatic heterocycles. The standard InChI is InChI=1S/C15H16F3NO2S/c1-15(20,11-4-5-22-8-11)9-19-7-10-2-3-13(12(16)6-10)21-14(17)18/h2-6,8,14,19-20H,7,9H2,1H3. The lowest BCUT2D eigenvalue weighted by Gasteiger charge is -2.23. The number of benzene rings is 1. The number of hydrogen-bond acceptors (Lipinski definition) is 4. The highest BCUT2D eigenvalue weighted by Crippen LogP contribution is 2.23. The Morgan fingerprint density at radius 2 is 2.14 bits per heavy atom. The molecule has 0 aliphatic heterocycles. The third-order valence-corrected chi connectivity index (χ3v) is 3.84. The van der Waals surface area contributed by atoms with Gasteiger partial charge in [-0.15, -0.1) is 0 Å². The van der Waals surface area contributed by atoms with Crippen LogP contribution in [-0.4, -0.2) is 18.3 Å². The number of ether oxygens (including phenoxy) is 1. The molecule has 0 spiro atoms. The second-order valence-corrected chi connectivity index (χ2v) is 5.81. The summed E-state index contributed by atoms with van der Waals surface area (Å²) in [5.74, 6) is -1.33. The van der Waals surface area contributed by atoms with Crippen molar-refractivity contribution < 1.29 is 23.0 Å². The van der Waals surface area contributed by atoms with Gasteiger partial charge in [0, 0.05) is 13.1 Å². The molecule has 0 radical (unpaired) electrons. The molecule has 1 atom stereocenters. The van der Waals surface area contributed by atoms with Crippen molar-refractivity contribution in [1.29, 1.82) is 0 Å². The van der Waals surface area contributed by atoms with E-state index in [1.807, 2.05) is 16.8 Å². The van der Waals surface area contributed by atoms with Crippen LogP contribution in [0.25, 0.3) is 0 Å². The summed E-state index contributed by atoms with van der Waals surface area (Å²) in [5.41, 5.74) is 0.342. The van der Waals surface area contributed by atoms with Gasteiger partial charge in [-0.05, 0) is 47.0 Å². The molecular formula is C15H16F3NO2S. The third kappa shape index (κ3) is 4.46. The number of halogens is 3. The molecule has 22 heavy (non-hydrogen) atoms. The summed E-state index contributed by atoms with van der Waals surface area (Å²) in [7, 11) is 0. The van der Waals surface area contributed by atoms with Crippen LogP contribution in [-0.2, 0) is 12.1 Å². The van der Waals surface area contributed by atoms with Crippen LogP contribution in [0.3, 0.4) is 0 Å². The lowest BCUT2D eigenvalue weighted by atomic mass is 9.99. The molecule has 0 amide bonds. The Kier molecular flexibility index (Phi) is 5.44. The maximum absolute atomic E-state index is 13.6. The van der Waals surface area contributed by atoms with Crippen LogP contribution in [0.1, 0.15) is 18.1 Å². The van der Waals surface area contributed by atoms with E-state index in [0.717, 1.165) is 17.7 Å². The normalized spacial score (nSPS) is 14.1. The minimum atomic E-state index is -3.06. The molecule has 0 saturated carbocycles. The Balaban J connectivity index is 1.91. The molecule has 2 rings (SSSR count). The molecule has 0 saturated heterocycles. The molecule has 0 fully saturated rings. The summed E-state index contributed by atoms with van der Waals surface area (Å²) in [4.78, 5) is 0. The van der Waals surface area contributed by atoms with Gasteiger partial charge in [0.2, 0.25) is 0 Å². The van der Waals surface area contributed by atoms with E-state index in [0.29, 0.717) is 12.1 Å². The molecule has 2 aromatic rings. The van der Waals surface area contributed by atoms with Crippen LogP contribution < -0.4 is 10.1 Å². The summed E-state index contributed by atoms with van der Waals surface area (Å²) in [5, 5.41) is 17.1. The maximum Gasteiger partial charge on any atom is 0.387 e. The number of rotatable bonds is 7. The summed E-state index contributed by atoms with van der Waals surface area (Å²) in [6, 6.07) is 5.62. The molecule has 0 aliphatic carbocycles. The topological polar surface area (TPSA) is 41.5 Å². The highest BCUT2D eigenvalue weighted by atomic mass is 32.1. The highest BCUT2D eigenvalue weighted by molar-refractivity contribution is 7.08. The second-order valence-electron chi connectivity index (χ2n) is 5.03. The van der Waals surface area contributed by atoms with Gasteiger partial charge < -0.3 is 15.2 Å². The minimum absolute atomic E-state index is 0.278. The first-order chi connectivity index (χ1) is 10.4. The molecule has 2 N–H and O–H groups in total. The van der Waals surface area contributed by atoms with Gasteiger partial charge in [-0.3, -0.25) is 0 Å². The summed E-state index contributed by atoms with van der Waals surface area (Å²) < 4.78 is 41.7. The van der Waals surface area contributed by atoms with Crippen molar-refractivity contribution in [3.63, 3.8) is 0 Å². The molecule has 0 aliphatic rings. The molecule has 120 valence electrons. The quantitative estimate of drug-likeness (QED) is 0.816. The average Bonchev–Trinajstić information content (AvgIpc) is 2.96. The van der Waals surface area contributed by atoms with E-state index in [1.54, 1.807) is 6.92 Å². The van der Waals surface area contributed by atoms with Crippen molar-refractivity contribution in [2.24, 2.45) is 0 Å². The average molecular weight is 331 g/mol. The van der Waals surface area contributed by atoms with Crippen LogP contribution in [0.2, 0.25) is 0 Å². The second kappa shape index (κ2) is 7.13. The Labute approximate surface area is 130 Å². The predicted molar refractivity (Wildman–Crippen MR) is 78.6 cm³/mol. The van der Waals surface area contributed by atoms with E-state index in [9.17, 15) is 18.3 Å². The van der Waals surface area contributed by atoms with Crippen LogP contribution in [0.15, 0.2) is 35.0 Å². The molecule has 1 unspecified atom stereocenters. The summed E-state index contributed by atoms with van der Waals surface area (Å²) in [6.07, 6.45) is 0. The van der Waals surface area contributed by atoms with Gasteiger partial charge >= 0.3 is 6.61 Å². The van der Waals surface area contributed by atoms with Gasteiger partial charge in [0.25, 0.3) is 0 Å². The largest absolute Gasteiger partial charge is 0.432 e. The van der Waals surface area contributed by atoms with Crippen LogP contribution in [0.5, 0.6) is 5.75 Å². The molecule has 0 bridgehead atoms. The van der Waals surface area contributed by atoms with Crippen molar-refractivity contribution in [3.8, 4) is 5.75 Å². The van der Waals surface area contributed by atoms with E-state index in [4.69, 9.17) is 0 Å². The van der Waals surface area contributed by atoms with E-state index in [1.165, 1.54) is 17.4 Å². The van der Waals surface area contributed by atoms with Crippen LogP contribution >= 0.6 is 11.3 Å². The Bertz CT molecular complexity index is 603. The van der Waals surface area contributed by atoms with Crippen LogP contribution in [0.4, 0.5) is 13.2 Å². The number of thiophene rings is 1. The fraction of sp³-hybridized carbons (Fsp3) is 0.333. The smallest absolute Gasteiger partial charge is 0.387 e. The molecule has 3 nitrogen and oxygen atoms in total. The number of nitrogens with one attached hydrogen (secondary N) is 1. The Morgan fingerprint density at radius 3 is 2.73 bits per heavy atom. The monoisotopic (exact) mass is 331 g/mol. The first-order valence-corrected chi connectivity index (χ1v) is 7.52. The lowest BCUT2D eigenvalue weighted by molar-refractivity contribution is -0.0522. The van der Waals surface area contributed by atoms with Crippen molar-refractivity contribution in [1.82, 2.24) is 5.32 Å². The van der Waals surface area contributed by atoms with Crippen LogP contribution in [0, 0.1) is 5.82 Å². The van der Waals surface area contributed by atoms with Gasteiger partial charge in [0.05, 0.1) is 5.60 Å². The zero-order valence-corrected chi connectivity index (χ0v) is 12.7. The first kappa shape index (κ1) is 16.8. The zero-order valence-electron chi connectivity index (χ0n) is 11.9. The third-order valence-electron chi connectivity index (χ3n) is 3.15. The van der Waals surface area contributed by atoms with Crippen molar-refractivity contribution in [2.45, 2.75) is 25.7 Å². The predicted octanol–water partition coefficient (Wildman–Crippen LogP) is 3.49. The molecule has 1 aromatic carbocycles. The summed E-state index contributed by atoms with van der Waals surface area (Å²) in [6.45, 7) is -0.797. The van der Waals surface area contributed by atoms with Gasteiger partial charge in [0.15, 0.2) is 11.6 Å². The van der Waals surface area contributed by atoms with Crippen molar-refractivity contribution in [3.05, 3.63) is 52.0 Å².